The largest absolute Gasteiger partial charge is 0.395 e. The average molecular weight is 270 g/mol. The van der Waals surface area contributed by atoms with Gasteiger partial charge in [0.05, 0.1) is 11.5 Å². The van der Waals surface area contributed by atoms with Crippen molar-refractivity contribution in [1.82, 2.24) is 5.32 Å². The van der Waals surface area contributed by atoms with Crippen LogP contribution in [0.4, 0.5) is 10.1 Å². The molecule has 5 nitrogen and oxygen atoms in total. The predicted octanol–water partition coefficient (Wildman–Crippen LogP) is 2.23. The van der Waals surface area contributed by atoms with Crippen molar-refractivity contribution in [3.63, 3.8) is 0 Å². The minimum Gasteiger partial charge on any atom is -0.395 e. The molecule has 0 aliphatic heterocycles. The highest BCUT2D eigenvalue weighted by Gasteiger charge is 2.18. The molecule has 0 saturated carbocycles. The number of hydrogen-bond donors (Lipinski definition) is 2. The van der Waals surface area contributed by atoms with Gasteiger partial charge in [-0.2, -0.15) is 4.39 Å². The first-order chi connectivity index (χ1) is 8.95. The summed E-state index contributed by atoms with van der Waals surface area (Å²) in [7, 11) is 0. The number of nitrogens with one attached hydrogen (secondary N) is 1. The number of halogens is 1. The number of hydrogen-bond acceptors (Lipinski definition) is 4. The SMILES string of the molecule is CC(C)CC(CO)NCc1cccc([N+](=O)[O-])c1F. The molecule has 1 rings (SSSR count). The second-order valence-electron chi connectivity index (χ2n) is 4.90. The van der Waals surface area contributed by atoms with E-state index in [1.54, 1.807) is 0 Å². The molecule has 0 amide bonds. The molecule has 0 bridgehead atoms. The summed E-state index contributed by atoms with van der Waals surface area (Å²) in [6, 6.07) is 3.95. The van der Waals surface area contributed by atoms with Gasteiger partial charge in [0.2, 0.25) is 5.82 Å². The summed E-state index contributed by atoms with van der Waals surface area (Å²) >= 11 is 0. The molecular weight excluding hydrogens is 251 g/mol. The fourth-order valence-corrected chi connectivity index (χ4v) is 1.89. The highest BCUT2D eigenvalue weighted by molar-refractivity contribution is 5.36. The maximum Gasteiger partial charge on any atom is 0.305 e. The number of rotatable bonds is 7. The summed E-state index contributed by atoms with van der Waals surface area (Å²) in [5.41, 5.74) is -0.292. The summed E-state index contributed by atoms with van der Waals surface area (Å²) in [5.74, 6) is -0.416. The molecule has 0 aliphatic carbocycles. The number of aliphatic hydroxyl groups excluding tert-OH is 1. The summed E-state index contributed by atoms with van der Waals surface area (Å²) in [6.07, 6.45) is 0.757. The van der Waals surface area contributed by atoms with Crippen molar-refractivity contribution < 1.29 is 14.4 Å². The number of nitro benzene ring substituents is 1. The molecular formula is C13H19FN2O3. The Labute approximate surface area is 111 Å². The van der Waals surface area contributed by atoms with E-state index in [1.165, 1.54) is 12.1 Å². The molecule has 106 valence electrons. The Bertz CT molecular complexity index is 438. The molecule has 2 N–H and O–H groups in total. The fraction of sp³-hybridized carbons (Fsp3) is 0.538. The number of nitrogens with zero attached hydrogens (tertiary/aromatic N) is 1. The van der Waals surface area contributed by atoms with Crippen molar-refractivity contribution in [3.05, 3.63) is 39.7 Å². The van der Waals surface area contributed by atoms with E-state index >= 15 is 0 Å². The molecule has 6 heteroatoms. The second kappa shape index (κ2) is 7.16. The standard InChI is InChI=1S/C13H19FN2O3/c1-9(2)6-11(8-17)15-7-10-4-3-5-12(13(10)14)16(18)19/h3-5,9,11,15,17H,6-8H2,1-2H3. The van der Waals surface area contributed by atoms with Crippen LogP contribution >= 0.6 is 0 Å². The smallest absolute Gasteiger partial charge is 0.305 e. The minimum absolute atomic E-state index is 0.0469. The van der Waals surface area contributed by atoms with Gasteiger partial charge in [0.25, 0.3) is 0 Å². The third-order valence-electron chi connectivity index (χ3n) is 2.81. The monoisotopic (exact) mass is 270 g/mol. The zero-order valence-corrected chi connectivity index (χ0v) is 11.1. The van der Waals surface area contributed by atoms with Gasteiger partial charge in [-0.3, -0.25) is 10.1 Å². The van der Waals surface area contributed by atoms with Crippen molar-refractivity contribution in [3.8, 4) is 0 Å². The first kappa shape index (κ1) is 15.5. The zero-order chi connectivity index (χ0) is 14.4. The fourth-order valence-electron chi connectivity index (χ4n) is 1.89. The van der Waals surface area contributed by atoms with Crippen molar-refractivity contribution in [2.45, 2.75) is 32.9 Å². The number of nitro groups is 1. The van der Waals surface area contributed by atoms with Crippen molar-refractivity contribution in [2.75, 3.05) is 6.61 Å². The summed E-state index contributed by atoms with van der Waals surface area (Å²) in [6.45, 7) is 4.16. The molecule has 0 fully saturated rings. The van der Waals surface area contributed by atoms with Crippen LogP contribution in [0.25, 0.3) is 0 Å². The van der Waals surface area contributed by atoms with Gasteiger partial charge in [-0.25, -0.2) is 0 Å². The Hall–Kier alpha value is -1.53. The van der Waals surface area contributed by atoms with Gasteiger partial charge in [0.1, 0.15) is 0 Å². The maximum absolute atomic E-state index is 13.8. The van der Waals surface area contributed by atoms with Crippen molar-refractivity contribution in [2.24, 2.45) is 5.92 Å². The van der Waals surface area contributed by atoms with Crippen LogP contribution in [0.2, 0.25) is 0 Å². The molecule has 0 heterocycles. The Morgan fingerprint density at radius 3 is 2.68 bits per heavy atom. The molecule has 0 spiro atoms. The number of benzene rings is 1. The topological polar surface area (TPSA) is 75.4 Å². The molecule has 19 heavy (non-hydrogen) atoms. The molecule has 0 aliphatic rings. The Kier molecular flexibility index (Phi) is 5.85. The van der Waals surface area contributed by atoms with E-state index in [0.717, 1.165) is 12.5 Å². The van der Waals surface area contributed by atoms with Gasteiger partial charge in [-0.15, -0.1) is 0 Å². The Morgan fingerprint density at radius 2 is 2.16 bits per heavy atom. The molecule has 1 aromatic carbocycles. The van der Waals surface area contributed by atoms with Gasteiger partial charge in [0.15, 0.2) is 0 Å². The van der Waals surface area contributed by atoms with Crippen LogP contribution in [0, 0.1) is 21.8 Å². The summed E-state index contributed by atoms with van der Waals surface area (Å²) < 4.78 is 13.8. The molecule has 1 atom stereocenters. The van der Waals surface area contributed by atoms with Gasteiger partial charge in [-0.1, -0.05) is 26.0 Å². The normalized spacial score (nSPS) is 12.7. The maximum atomic E-state index is 13.8. The van der Waals surface area contributed by atoms with Crippen LogP contribution in [0.15, 0.2) is 18.2 Å². The van der Waals surface area contributed by atoms with E-state index in [-0.39, 0.29) is 24.8 Å². The molecule has 0 aromatic heterocycles. The van der Waals surface area contributed by atoms with Crippen LogP contribution in [0.1, 0.15) is 25.8 Å². The predicted molar refractivity (Wildman–Crippen MR) is 70.2 cm³/mol. The van der Waals surface area contributed by atoms with E-state index < -0.39 is 16.4 Å². The highest BCUT2D eigenvalue weighted by Crippen LogP contribution is 2.20. The van der Waals surface area contributed by atoms with E-state index in [4.69, 9.17) is 0 Å². The van der Waals surface area contributed by atoms with Gasteiger partial charge < -0.3 is 10.4 Å². The van der Waals surface area contributed by atoms with Crippen LogP contribution in [0.5, 0.6) is 0 Å². The third-order valence-corrected chi connectivity index (χ3v) is 2.81. The van der Waals surface area contributed by atoms with Crippen LogP contribution in [0.3, 0.4) is 0 Å². The highest BCUT2D eigenvalue weighted by atomic mass is 19.1. The molecule has 0 radical (unpaired) electrons. The lowest BCUT2D eigenvalue weighted by Crippen LogP contribution is -2.33. The second-order valence-corrected chi connectivity index (χ2v) is 4.90. The van der Waals surface area contributed by atoms with E-state index in [1.807, 2.05) is 13.8 Å². The van der Waals surface area contributed by atoms with Gasteiger partial charge >= 0.3 is 5.69 Å². The number of aliphatic hydroxyl groups is 1. The Balaban J connectivity index is 2.72. The van der Waals surface area contributed by atoms with Gasteiger partial charge in [-0.05, 0) is 12.3 Å². The van der Waals surface area contributed by atoms with Crippen molar-refractivity contribution in [1.29, 1.82) is 0 Å². The first-order valence-corrected chi connectivity index (χ1v) is 6.21. The van der Waals surface area contributed by atoms with Crippen molar-refractivity contribution >= 4 is 5.69 Å². The first-order valence-electron chi connectivity index (χ1n) is 6.21. The summed E-state index contributed by atoms with van der Waals surface area (Å²) in [4.78, 5) is 9.88. The lowest BCUT2D eigenvalue weighted by Gasteiger charge is -2.18. The van der Waals surface area contributed by atoms with E-state index in [9.17, 15) is 19.6 Å². The quantitative estimate of drug-likeness (QED) is 0.588. The zero-order valence-electron chi connectivity index (χ0n) is 11.1. The average Bonchev–Trinajstić information content (AvgIpc) is 2.35. The van der Waals surface area contributed by atoms with Gasteiger partial charge in [0, 0.05) is 24.2 Å². The minimum atomic E-state index is -0.818. The lowest BCUT2D eigenvalue weighted by atomic mass is 10.0. The molecule has 0 saturated heterocycles. The van der Waals surface area contributed by atoms with E-state index in [0.29, 0.717) is 5.92 Å². The van der Waals surface area contributed by atoms with E-state index in [2.05, 4.69) is 5.32 Å². The summed E-state index contributed by atoms with van der Waals surface area (Å²) in [5, 5.41) is 22.8. The molecule has 1 aromatic rings. The third kappa shape index (κ3) is 4.57. The van der Waals surface area contributed by atoms with Crippen LogP contribution in [-0.4, -0.2) is 22.7 Å². The van der Waals surface area contributed by atoms with Crippen LogP contribution in [-0.2, 0) is 6.54 Å². The van der Waals surface area contributed by atoms with Crippen LogP contribution < -0.4 is 5.32 Å². The lowest BCUT2D eigenvalue weighted by molar-refractivity contribution is -0.387. The molecule has 1 unspecified atom stereocenters. The Morgan fingerprint density at radius 1 is 1.47 bits per heavy atom.